The fourth-order valence-electron chi connectivity index (χ4n) is 3.43. The van der Waals surface area contributed by atoms with Crippen molar-refractivity contribution in [3.8, 4) is 22.3 Å². The van der Waals surface area contributed by atoms with Crippen LogP contribution >= 0.6 is 0 Å². The molecule has 0 atom stereocenters. The summed E-state index contributed by atoms with van der Waals surface area (Å²) in [5, 5.41) is 0. The average molecular weight is 418 g/mol. The van der Waals surface area contributed by atoms with Crippen LogP contribution in [0.25, 0.3) is 22.3 Å². The van der Waals surface area contributed by atoms with E-state index < -0.39 is 17.9 Å². The molecule has 0 aliphatic rings. The van der Waals surface area contributed by atoms with Crippen molar-refractivity contribution in [1.29, 1.82) is 0 Å². The van der Waals surface area contributed by atoms with E-state index in [1.165, 1.54) is 14.2 Å². The zero-order chi connectivity index (χ0) is 22.4. The van der Waals surface area contributed by atoms with Crippen LogP contribution in [0.1, 0.15) is 38.0 Å². The molecule has 0 radical (unpaired) electrons. The van der Waals surface area contributed by atoms with Gasteiger partial charge in [-0.2, -0.15) is 0 Å². The van der Waals surface area contributed by atoms with Crippen LogP contribution in [0.4, 0.5) is 0 Å². The fourth-order valence-corrected chi connectivity index (χ4v) is 3.43. The third-order valence-electron chi connectivity index (χ3n) is 4.75. The molecule has 3 aromatic carbocycles. The maximum atomic E-state index is 13.1. The number of benzene rings is 3. The van der Waals surface area contributed by atoms with Gasteiger partial charge < -0.3 is 14.2 Å². The monoisotopic (exact) mass is 418 g/mol. The quantitative estimate of drug-likeness (QED) is 0.424. The summed E-state index contributed by atoms with van der Waals surface area (Å²) in [5.41, 5.74) is 2.20. The van der Waals surface area contributed by atoms with Gasteiger partial charge in [0.25, 0.3) is 0 Å². The van der Waals surface area contributed by atoms with Gasteiger partial charge in [0.2, 0.25) is 0 Å². The van der Waals surface area contributed by atoms with Crippen LogP contribution in [0.2, 0.25) is 0 Å². The third kappa shape index (κ3) is 4.33. The van der Waals surface area contributed by atoms with Crippen molar-refractivity contribution in [2.24, 2.45) is 0 Å². The van der Waals surface area contributed by atoms with Gasteiger partial charge in [0, 0.05) is 5.56 Å². The van der Waals surface area contributed by atoms with Crippen LogP contribution in [0.3, 0.4) is 0 Å². The smallest absolute Gasteiger partial charge is 0.339 e. The SMILES string of the molecule is CCOC(=O)c1c(C(=O)OC)c(C(=O)OC)cc(-c2ccccc2)c1-c1ccccc1. The number of carbonyl (C=O) groups excluding carboxylic acids is 3. The van der Waals surface area contributed by atoms with E-state index >= 15 is 0 Å². The highest BCUT2D eigenvalue weighted by Crippen LogP contribution is 2.39. The lowest BCUT2D eigenvalue weighted by Crippen LogP contribution is -2.20. The summed E-state index contributed by atoms with van der Waals surface area (Å²) < 4.78 is 15.1. The molecule has 0 aromatic heterocycles. The van der Waals surface area contributed by atoms with E-state index in [2.05, 4.69) is 0 Å². The number of rotatable bonds is 6. The molecule has 3 aromatic rings. The third-order valence-corrected chi connectivity index (χ3v) is 4.75. The highest BCUT2D eigenvalue weighted by molar-refractivity contribution is 6.16. The second kappa shape index (κ2) is 9.71. The Morgan fingerprint density at radius 1 is 0.710 bits per heavy atom. The van der Waals surface area contributed by atoms with Gasteiger partial charge in [0.05, 0.1) is 37.5 Å². The molecule has 6 nitrogen and oxygen atoms in total. The normalized spacial score (nSPS) is 10.3. The Labute approximate surface area is 180 Å². The molecular weight excluding hydrogens is 396 g/mol. The molecule has 3 rings (SSSR count). The van der Waals surface area contributed by atoms with Crippen molar-refractivity contribution in [3.05, 3.63) is 83.4 Å². The minimum Gasteiger partial charge on any atom is -0.465 e. The van der Waals surface area contributed by atoms with Crippen molar-refractivity contribution in [2.45, 2.75) is 6.92 Å². The minimum absolute atomic E-state index is 0.0401. The molecule has 0 bridgehead atoms. The number of esters is 3. The summed E-state index contributed by atoms with van der Waals surface area (Å²) in [7, 11) is 2.40. The summed E-state index contributed by atoms with van der Waals surface area (Å²) in [6.07, 6.45) is 0. The first-order valence-electron chi connectivity index (χ1n) is 9.69. The summed E-state index contributed by atoms with van der Waals surface area (Å²) in [6.45, 7) is 1.76. The topological polar surface area (TPSA) is 78.9 Å². The molecule has 0 fully saturated rings. The predicted molar refractivity (Wildman–Crippen MR) is 116 cm³/mol. The standard InChI is InChI=1S/C25H22O6/c1-4-31-25(28)22-20(17-13-9-6-10-14-17)18(16-11-7-5-8-12-16)15-19(23(26)29-2)21(22)24(27)30-3/h5-15H,4H2,1-3H3. The van der Waals surface area contributed by atoms with Crippen LogP contribution < -0.4 is 0 Å². The van der Waals surface area contributed by atoms with E-state index in [-0.39, 0.29) is 23.3 Å². The lowest BCUT2D eigenvalue weighted by atomic mass is 9.85. The van der Waals surface area contributed by atoms with Crippen molar-refractivity contribution in [3.63, 3.8) is 0 Å². The highest BCUT2D eigenvalue weighted by Gasteiger charge is 2.32. The van der Waals surface area contributed by atoms with Gasteiger partial charge in [-0.25, -0.2) is 14.4 Å². The van der Waals surface area contributed by atoms with Gasteiger partial charge in [-0.1, -0.05) is 60.7 Å². The predicted octanol–water partition coefficient (Wildman–Crippen LogP) is 4.77. The molecule has 0 aliphatic carbocycles. The van der Waals surface area contributed by atoms with E-state index in [1.807, 2.05) is 60.7 Å². The first-order valence-corrected chi connectivity index (χ1v) is 9.69. The average Bonchev–Trinajstić information content (AvgIpc) is 2.82. The van der Waals surface area contributed by atoms with Crippen molar-refractivity contribution < 1.29 is 28.6 Å². The van der Waals surface area contributed by atoms with E-state index in [4.69, 9.17) is 14.2 Å². The van der Waals surface area contributed by atoms with Crippen molar-refractivity contribution in [1.82, 2.24) is 0 Å². The molecule has 0 unspecified atom stereocenters. The molecule has 0 spiro atoms. The van der Waals surface area contributed by atoms with Crippen LogP contribution in [0.5, 0.6) is 0 Å². The fraction of sp³-hybridized carbons (Fsp3) is 0.160. The molecule has 158 valence electrons. The molecule has 6 heteroatoms. The molecular formula is C25H22O6. The Kier molecular flexibility index (Phi) is 6.82. The second-order valence-electron chi connectivity index (χ2n) is 6.53. The van der Waals surface area contributed by atoms with E-state index in [0.29, 0.717) is 16.7 Å². The van der Waals surface area contributed by atoms with E-state index in [0.717, 1.165) is 5.56 Å². The van der Waals surface area contributed by atoms with Crippen LogP contribution in [0, 0.1) is 0 Å². The number of carbonyl (C=O) groups is 3. The second-order valence-corrected chi connectivity index (χ2v) is 6.53. The summed E-state index contributed by atoms with van der Waals surface area (Å²) in [6, 6.07) is 20.0. The molecule has 0 heterocycles. The zero-order valence-corrected chi connectivity index (χ0v) is 17.5. The zero-order valence-electron chi connectivity index (χ0n) is 17.5. The molecule has 0 aliphatic heterocycles. The summed E-state index contributed by atoms with van der Waals surface area (Å²) >= 11 is 0. The molecule has 0 amide bonds. The van der Waals surface area contributed by atoms with Gasteiger partial charge in [-0.15, -0.1) is 0 Å². The molecule has 31 heavy (non-hydrogen) atoms. The number of ether oxygens (including phenoxy) is 3. The van der Waals surface area contributed by atoms with Gasteiger partial charge in [-0.05, 0) is 29.7 Å². The molecule has 0 saturated heterocycles. The maximum absolute atomic E-state index is 13.1. The Bertz CT molecular complexity index is 1100. The first-order chi connectivity index (χ1) is 15.0. The van der Waals surface area contributed by atoms with Gasteiger partial charge in [0.15, 0.2) is 0 Å². The first kappa shape index (κ1) is 21.8. The largest absolute Gasteiger partial charge is 0.465 e. The number of hydrogen-bond donors (Lipinski definition) is 0. The number of methoxy groups -OCH3 is 2. The lowest BCUT2D eigenvalue weighted by Gasteiger charge is -2.20. The van der Waals surface area contributed by atoms with Gasteiger partial charge >= 0.3 is 17.9 Å². The highest BCUT2D eigenvalue weighted by atomic mass is 16.5. The van der Waals surface area contributed by atoms with Crippen LogP contribution in [0.15, 0.2) is 66.7 Å². The van der Waals surface area contributed by atoms with Crippen molar-refractivity contribution >= 4 is 17.9 Å². The Balaban J connectivity index is 2.54. The van der Waals surface area contributed by atoms with Crippen LogP contribution in [-0.2, 0) is 14.2 Å². The Hall–Kier alpha value is -3.93. The van der Waals surface area contributed by atoms with Crippen LogP contribution in [-0.4, -0.2) is 38.7 Å². The summed E-state index contributed by atoms with van der Waals surface area (Å²) in [5.74, 6) is -2.33. The number of hydrogen-bond acceptors (Lipinski definition) is 6. The Morgan fingerprint density at radius 3 is 1.77 bits per heavy atom. The molecule has 0 N–H and O–H groups in total. The summed E-state index contributed by atoms with van der Waals surface area (Å²) in [4.78, 5) is 38.6. The molecule has 0 saturated carbocycles. The maximum Gasteiger partial charge on any atom is 0.339 e. The Morgan fingerprint density at radius 2 is 1.26 bits per heavy atom. The van der Waals surface area contributed by atoms with E-state index in [9.17, 15) is 14.4 Å². The van der Waals surface area contributed by atoms with Gasteiger partial charge in [-0.3, -0.25) is 0 Å². The van der Waals surface area contributed by atoms with E-state index in [1.54, 1.807) is 13.0 Å². The lowest BCUT2D eigenvalue weighted by molar-refractivity contribution is 0.0500. The van der Waals surface area contributed by atoms with Gasteiger partial charge in [0.1, 0.15) is 0 Å². The van der Waals surface area contributed by atoms with Crippen molar-refractivity contribution in [2.75, 3.05) is 20.8 Å². The minimum atomic E-state index is -0.833.